The first-order chi connectivity index (χ1) is 13.6. The molecular weight excluding hydrogens is 352 g/mol. The molecule has 0 radical (unpaired) electrons. The zero-order valence-corrected chi connectivity index (χ0v) is 16.0. The second-order valence-corrected chi connectivity index (χ2v) is 7.40. The fourth-order valence-corrected chi connectivity index (χ4v) is 3.71. The van der Waals surface area contributed by atoms with Crippen LogP contribution in [0.1, 0.15) is 34.3 Å². The standard InChI is InChI=1S/C23H24N2O3/c1-16-9-10-21-18(12-16)13-19(22(26)24-21)14-25(15-20-8-5-11-28-20)23(27)17-6-3-2-4-7-17/h2-4,6-7,9-10,12-13,20H,5,8,11,14-15H2,1H3,(H,24,26)/t20-/m0/s1. The van der Waals surface area contributed by atoms with Gasteiger partial charge in [-0.15, -0.1) is 0 Å². The monoisotopic (exact) mass is 376 g/mol. The third-order valence-electron chi connectivity index (χ3n) is 5.19. The van der Waals surface area contributed by atoms with Crippen molar-refractivity contribution in [2.45, 2.75) is 32.4 Å². The summed E-state index contributed by atoms with van der Waals surface area (Å²) in [5.74, 6) is -0.0835. The van der Waals surface area contributed by atoms with Crippen LogP contribution < -0.4 is 5.56 Å². The molecule has 1 fully saturated rings. The van der Waals surface area contributed by atoms with Gasteiger partial charge in [0, 0.05) is 29.8 Å². The van der Waals surface area contributed by atoms with Crippen molar-refractivity contribution in [3.8, 4) is 0 Å². The number of H-pyrrole nitrogens is 1. The maximum Gasteiger partial charge on any atom is 0.254 e. The van der Waals surface area contributed by atoms with E-state index in [4.69, 9.17) is 4.74 Å². The number of nitrogens with zero attached hydrogens (tertiary/aromatic N) is 1. The molecule has 28 heavy (non-hydrogen) atoms. The molecule has 4 rings (SSSR count). The molecule has 0 aliphatic carbocycles. The largest absolute Gasteiger partial charge is 0.376 e. The quantitative estimate of drug-likeness (QED) is 0.739. The topological polar surface area (TPSA) is 62.4 Å². The number of carbonyl (C=O) groups excluding carboxylic acids is 1. The highest BCUT2D eigenvalue weighted by Crippen LogP contribution is 2.18. The molecule has 1 N–H and O–H groups in total. The number of aromatic amines is 1. The molecular formula is C23H24N2O3. The minimum Gasteiger partial charge on any atom is -0.376 e. The summed E-state index contributed by atoms with van der Waals surface area (Å²) in [6, 6.07) is 17.0. The molecule has 1 aliphatic rings. The van der Waals surface area contributed by atoms with Crippen molar-refractivity contribution in [2.24, 2.45) is 0 Å². The molecule has 5 nitrogen and oxygen atoms in total. The molecule has 0 saturated carbocycles. The summed E-state index contributed by atoms with van der Waals surface area (Å²) >= 11 is 0. The summed E-state index contributed by atoms with van der Waals surface area (Å²) in [5, 5.41) is 0.971. The lowest BCUT2D eigenvalue weighted by atomic mass is 10.1. The molecule has 1 aromatic heterocycles. The van der Waals surface area contributed by atoms with E-state index in [1.807, 2.05) is 49.4 Å². The van der Waals surface area contributed by atoms with E-state index < -0.39 is 0 Å². The van der Waals surface area contributed by atoms with E-state index in [1.54, 1.807) is 17.0 Å². The maximum atomic E-state index is 13.1. The number of benzene rings is 2. The van der Waals surface area contributed by atoms with Crippen LogP contribution in [0.25, 0.3) is 10.9 Å². The van der Waals surface area contributed by atoms with Crippen molar-refractivity contribution in [2.75, 3.05) is 13.2 Å². The number of ether oxygens (including phenoxy) is 1. The smallest absolute Gasteiger partial charge is 0.254 e. The molecule has 5 heteroatoms. The normalized spacial score (nSPS) is 16.4. The molecule has 2 heterocycles. The lowest BCUT2D eigenvalue weighted by molar-refractivity contribution is 0.0506. The molecule has 0 unspecified atom stereocenters. The van der Waals surface area contributed by atoms with Gasteiger partial charge < -0.3 is 14.6 Å². The molecule has 0 bridgehead atoms. The van der Waals surface area contributed by atoms with Crippen LogP contribution in [0.2, 0.25) is 0 Å². The third-order valence-corrected chi connectivity index (χ3v) is 5.19. The number of rotatable bonds is 5. The van der Waals surface area contributed by atoms with Crippen LogP contribution in [0.4, 0.5) is 0 Å². The summed E-state index contributed by atoms with van der Waals surface area (Å²) in [6.07, 6.45) is 1.97. The highest BCUT2D eigenvalue weighted by molar-refractivity contribution is 5.94. The zero-order chi connectivity index (χ0) is 19.5. The van der Waals surface area contributed by atoms with E-state index in [1.165, 1.54) is 0 Å². The summed E-state index contributed by atoms with van der Waals surface area (Å²) in [6.45, 7) is 3.49. The van der Waals surface area contributed by atoms with E-state index in [0.29, 0.717) is 17.7 Å². The lowest BCUT2D eigenvalue weighted by Crippen LogP contribution is -2.38. The van der Waals surface area contributed by atoms with Crippen LogP contribution in [0.15, 0.2) is 59.4 Å². The SMILES string of the molecule is Cc1ccc2[nH]c(=O)c(CN(C[C@@H]3CCCO3)C(=O)c3ccccc3)cc2c1. The molecule has 1 aliphatic heterocycles. The Morgan fingerprint density at radius 2 is 2.00 bits per heavy atom. The van der Waals surface area contributed by atoms with E-state index >= 15 is 0 Å². The Balaban J connectivity index is 1.66. The van der Waals surface area contributed by atoms with Crippen LogP contribution >= 0.6 is 0 Å². The van der Waals surface area contributed by atoms with Gasteiger partial charge in [0.25, 0.3) is 11.5 Å². The van der Waals surface area contributed by atoms with Crippen molar-refractivity contribution in [3.05, 3.63) is 81.6 Å². The number of hydrogen-bond donors (Lipinski definition) is 1. The van der Waals surface area contributed by atoms with Crippen LogP contribution in [0.3, 0.4) is 0 Å². The van der Waals surface area contributed by atoms with Crippen molar-refractivity contribution in [3.63, 3.8) is 0 Å². The zero-order valence-electron chi connectivity index (χ0n) is 16.0. The summed E-state index contributed by atoms with van der Waals surface area (Å²) in [4.78, 5) is 30.4. The first-order valence-electron chi connectivity index (χ1n) is 9.68. The Morgan fingerprint density at radius 3 is 2.75 bits per heavy atom. The number of hydrogen-bond acceptors (Lipinski definition) is 3. The third kappa shape index (κ3) is 3.99. The second kappa shape index (κ2) is 7.98. The van der Waals surface area contributed by atoms with Crippen molar-refractivity contribution >= 4 is 16.8 Å². The van der Waals surface area contributed by atoms with E-state index in [9.17, 15) is 9.59 Å². The molecule has 1 amide bonds. The van der Waals surface area contributed by atoms with Gasteiger partial charge in [0.05, 0.1) is 12.6 Å². The van der Waals surface area contributed by atoms with Crippen molar-refractivity contribution in [1.29, 1.82) is 0 Å². The van der Waals surface area contributed by atoms with E-state index in [-0.39, 0.29) is 24.1 Å². The van der Waals surface area contributed by atoms with Crippen LogP contribution in [0, 0.1) is 6.92 Å². The van der Waals surface area contributed by atoms with E-state index in [0.717, 1.165) is 35.9 Å². The fourth-order valence-electron chi connectivity index (χ4n) is 3.71. The average Bonchev–Trinajstić information content (AvgIpc) is 3.21. The van der Waals surface area contributed by atoms with Crippen molar-refractivity contribution in [1.82, 2.24) is 9.88 Å². The van der Waals surface area contributed by atoms with Gasteiger partial charge >= 0.3 is 0 Å². The minimum atomic E-state index is -0.158. The highest BCUT2D eigenvalue weighted by Gasteiger charge is 2.24. The van der Waals surface area contributed by atoms with Gasteiger partial charge in [-0.1, -0.05) is 29.8 Å². The number of aryl methyl sites for hydroxylation is 1. The number of fused-ring (bicyclic) bond motifs is 1. The highest BCUT2D eigenvalue weighted by atomic mass is 16.5. The molecule has 1 atom stereocenters. The Kier molecular flexibility index (Phi) is 5.26. The van der Waals surface area contributed by atoms with Crippen LogP contribution in [0.5, 0.6) is 0 Å². The van der Waals surface area contributed by atoms with Crippen molar-refractivity contribution < 1.29 is 9.53 Å². The fraction of sp³-hybridized carbons (Fsp3) is 0.304. The number of nitrogens with one attached hydrogen (secondary N) is 1. The van der Waals surface area contributed by atoms with Gasteiger partial charge in [0.1, 0.15) is 0 Å². The molecule has 0 spiro atoms. The molecule has 1 saturated heterocycles. The Labute approximate surface area is 163 Å². The number of carbonyl (C=O) groups is 1. The predicted octanol–water partition coefficient (Wildman–Crippen LogP) is 3.66. The van der Waals surface area contributed by atoms with Gasteiger partial charge in [-0.05, 0) is 55.5 Å². The second-order valence-electron chi connectivity index (χ2n) is 7.40. The molecule has 3 aromatic rings. The summed E-state index contributed by atoms with van der Waals surface area (Å²) < 4.78 is 5.74. The van der Waals surface area contributed by atoms with Gasteiger partial charge in [0.2, 0.25) is 0 Å². The number of pyridine rings is 1. The first kappa shape index (κ1) is 18.4. The maximum absolute atomic E-state index is 13.1. The predicted molar refractivity (Wildman–Crippen MR) is 109 cm³/mol. The average molecular weight is 376 g/mol. The number of amides is 1. The molecule has 2 aromatic carbocycles. The Morgan fingerprint density at radius 1 is 1.18 bits per heavy atom. The summed E-state index contributed by atoms with van der Waals surface area (Å²) in [5.41, 5.74) is 2.98. The van der Waals surface area contributed by atoms with Crippen LogP contribution in [-0.4, -0.2) is 35.0 Å². The first-order valence-corrected chi connectivity index (χ1v) is 9.68. The summed E-state index contributed by atoms with van der Waals surface area (Å²) in [7, 11) is 0. The van der Waals surface area contributed by atoms with Gasteiger partial charge in [-0.25, -0.2) is 0 Å². The Bertz CT molecular complexity index is 1040. The van der Waals surface area contributed by atoms with Gasteiger partial charge in [-0.3, -0.25) is 9.59 Å². The number of aromatic nitrogens is 1. The van der Waals surface area contributed by atoms with Crippen LogP contribution in [-0.2, 0) is 11.3 Å². The Hall–Kier alpha value is -2.92. The lowest BCUT2D eigenvalue weighted by Gasteiger charge is -2.25. The minimum absolute atomic E-state index is 0.0226. The van der Waals surface area contributed by atoms with E-state index in [2.05, 4.69) is 4.98 Å². The molecule has 144 valence electrons. The van der Waals surface area contributed by atoms with Gasteiger partial charge in [0.15, 0.2) is 0 Å². The van der Waals surface area contributed by atoms with Gasteiger partial charge in [-0.2, -0.15) is 0 Å².